The van der Waals surface area contributed by atoms with Gasteiger partial charge < -0.3 is 5.32 Å². The molecule has 2 aromatic rings. The Morgan fingerprint density at radius 1 is 1.35 bits per heavy atom. The van der Waals surface area contributed by atoms with Crippen LogP contribution in [-0.2, 0) is 0 Å². The first kappa shape index (κ1) is 15.6. The summed E-state index contributed by atoms with van der Waals surface area (Å²) in [7, 11) is 0. The van der Waals surface area contributed by atoms with Crippen molar-refractivity contribution in [2.75, 3.05) is 5.75 Å². The molecule has 6 heteroatoms. The van der Waals surface area contributed by atoms with Gasteiger partial charge in [0.25, 0.3) is 5.91 Å². The smallest absolute Gasteiger partial charge is 0.252 e. The minimum absolute atomic E-state index is 0.0107. The molecule has 1 aromatic heterocycles. The number of fused-ring (bicyclic) bond motifs is 1. The van der Waals surface area contributed by atoms with E-state index in [0.717, 1.165) is 40.9 Å². The topological polar surface area (TPSA) is 42.0 Å². The highest BCUT2D eigenvalue weighted by molar-refractivity contribution is 7.99. The highest BCUT2D eigenvalue weighted by Crippen LogP contribution is 2.54. The molecule has 1 amide bonds. The second-order valence-corrected chi connectivity index (χ2v) is 8.83. The van der Waals surface area contributed by atoms with Crippen LogP contribution >= 0.6 is 35.0 Å². The summed E-state index contributed by atoms with van der Waals surface area (Å²) in [6.45, 7) is 0. The van der Waals surface area contributed by atoms with Crippen molar-refractivity contribution < 1.29 is 4.79 Å². The van der Waals surface area contributed by atoms with Gasteiger partial charge in [-0.15, -0.1) is 35.0 Å². The second-order valence-electron chi connectivity index (χ2n) is 6.25. The minimum atomic E-state index is -0.573. The van der Waals surface area contributed by atoms with E-state index in [1.807, 2.05) is 30.3 Å². The van der Waals surface area contributed by atoms with Gasteiger partial charge in [-0.25, -0.2) is 4.98 Å². The predicted molar refractivity (Wildman–Crippen MR) is 95.5 cm³/mol. The lowest BCUT2D eigenvalue weighted by molar-refractivity contribution is 0.0952. The Morgan fingerprint density at radius 2 is 2.09 bits per heavy atom. The fourth-order valence-electron chi connectivity index (χ4n) is 2.54. The number of carbonyl (C=O) groups excluding carboxylic acids is 1. The first-order chi connectivity index (χ1) is 11.0. The van der Waals surface area contributed by atoms with E-state index in [2.05, 4.69) is 10.3 Å². The van der Waals surface area contributed by atoms with Crippen LogP contribution in [0.3, 0.4) is 0 Å². The third kappa shape index (κ3) is 3.44. The fourth-order valence-corrected chi connectivity index (χ4v) is 4.39. The molecule has 0 bridgehead atoms. The number of rotatable bonds is 5. The number of nitrogens with one attached hydrogen (secondary N) is 1. The van der Waals surface area contributed by atoms with E-state index in [4.69, 9.17) is 23.2 Å². The van der Waals surface area contributed by atoms with E-state index in [1.54, 1.807) is 11.8 Å². The van der Waals surface area contributed by atoms with Crippen LogP contribution in [-0.4, -0.2) is 27.0 Å². The lowest BCUT2D eigenvalue weighted by Crippen LogP contribution is -2.25. The summed E-state index contributed by atoms with van der Waals surface area (Å²) < 4.78 is -0.573. The van der Waals surface area contributed by atoms with Gasteiger partial charge in [0, 0.05) is 23.1 Å². The van der Waals surface area contributed by atoms with Crippen molar-refractivity contribution in [2.45, 2.75) is 34.7 Å². The number of hydrogen-bond donors (Lipinski definition) is 1. The van der Waals surface area contributed by atoms with Crippen LogP contribution in [0.25, 0.3) is 10.9 Å². The molecule has 1 aromatic carbocycles. The number of halogens is 2. The number of carbonyl (C=O) groups is 1. The van der Waals surface area contributed by atoms with Gasteiger partial charge in [-0.3, -0.25) is 4.79 Å². The summed E-state index contributed by atoms with van der Waals surface area (Å²) >= 11 is 13.8. The predicted octanol–water partition coefficient (Wildman–Crippen LogP) is 4.41. The van der Waals surface area contributed by atoms with Crippen molar-refractivity contribution in [3.8, 4) is 0 Å². The zero-order chi connectivity index (χ0) is 16.0. The number of para-hydroxylation sites is 1. The zero-order valence-electron chi connectivity index (χ0n) is 12.4. The summed E-state index contributed by atoms with van der Waals surface area (Å²) in [5, 5.41) is 4.80. The van der Waals surface area contributed by atoms with Crippen molar-refractivity contribution in [3.63, 3.8) is 0 Å². The quantitative estimate of drug-likeness (QED) is 0.629. The molecule has 2 saturated carbocycles. The molecule has 2 aliphatic carbocycles. The van der Waals surface area contributed by atoms with Crippen LogP contribution in [0.15, 0.2) is 35.4 Å². The van der Waals surface area contributed by atoms with Crippen LogP contribution in [0.4, 0.5) is 0 Å². The summed E-state index contributed by atoms with van der Waals surface area (Å²) in [4.78, 5) is 17.2. The SMILES string of the molecule is O=C(NC1CC1)c1cc(SC[C@H]2CC2(Cl)Cl)nc2ccccc12. The Balaban J connectivity index is 1.61. The molecule has 1 heterocycles. The maximum atomic E-state index is 12.5. The van der Waals surface area contributed by atoms with Gasteiger partial charge in [0.05, 0.1) is 16.1 Å². The normalized spacial score (nSPS) is 22.1. The van der Waals surface area contributed by atoms with E-state index in [-0.39, 0.29) is 5.91 Å². The van der Waals surface area contributed by atoms with Gasteiger partial charge in [0.15, 0.2) is 0 Å². The van der Waals surface area contributed by atoms with Crippen molar-refractivity contribution >= 4 is 51.8 Å². The van der Waals surface area contributed by atoms with E-state index < -0.39 is 4.33 Å². The Morgan fingerprint density at radius 3 is 2.78 bits per heavy atom. The summed E-state index contributed by atoms with van der Waals surface area (Å²) in [5.74, 6) is 1.11. The molecule has 0 radical (unpaired) electrons. The molecule has 0 saturated heterocycles. The molecule has 4 rings (SSSR count). The minimum Gasteiger partial charge on any atom is -0.349 e. The summed E-state index contributed by atoms with van der Waals surface area (Å²) in [6.07, 6.45) is 2.98. The Labute approximate surface area is 149 Å². The number of benzene rings is 1. The largest absolute Gasteiger partial charge is 0.349 e. The molecular formula is C17H16Cl2N2OS. The molecule has 0 aliphatic heterocycles. The number of aromatic nitrogens is 1. The maximum absolute atomic E-state index is 12.5. The zero-order valence-corrected chi connectivity index (χ0v) is 14.7. The average molecular weight is 367 g/mol. The maximum Gasteiger partial charge on any atom is 0.252 e. The first-order valence-corrected chi connectivity index (χ1v) is 9.48. The third-order valence-electron chi connectivity index (χ3n) is 4.24. The van der Waals surface area contributed by atoms with Crippen LogP contribution in [0, 0.1) is 5.92 Å². The Bertz CT molecular complexity index is 776. The van der Waals surface area contributed by atoms with Crippen molar-refractivity contribution in [2.24, 2.45) is 5.92 Å². The highest BCUT2D eigenvalue weighted by Gasteiger charge is 2.51. The molecule has 3 nitrogen and oxygen atoms in total. The van der Waals surface area contributed by atoms with Crippen molar-refractivity contribution in [1.29, 1.82) is 0 Å². The fraction of sp³-hybridized carbons (Fsp3) is 0.412. The Kier molecular flexibility index (Phi) is 3.94. The van der Waals surface area contributed by atoms with Gasteiger partial charge in [0.2, 0.25) is 0 Å². The molecule has 1 N–H and O–H groups in total. The lowest BCUT2D eigenvalue weighted by atomic mass is 10.1. The molecular weight excluding hydrogens is 351 g/mol. The molecule has 120 valence electrons. The van der Waals surface area contributed by atoms with E-state index in [1.165, 1.54) is 0 Å². The van der Waals surface area contributed by atoms with E-state index in [9.17, 15) is 4.79 Å². The standard InChI is InChI=1S/C17H16Cl2N2OS/c18-17(19)8-10(17)9-23-15-7-13(16(22)20-11-5-6-11)12-3-1-2-4-14(12)21-15/h1-4,7,10-11H,5-6,8-9H2,(H,20,22)/t10-/m1/s1. The number of thioether (sulfide) groups is 1. The number of amides is 1. The summed E-state index contributed by atoms with van der Waals surface area (Å²) in [5.41, 5.74) is 1.54. The first-order valence-electron chi connectivity index (χ1n) is 7.74. The second kappa shape index (κ2) is 5.83. The van der Waals surface area contributed by atoms with E-state index >= 15 is 0 Å². The van der Waals surface area contributed by atoms with Crippen LogP contribution in [0.2, 0.25) is 0 Å². The number of pyridine rings is 1. The molecule has 23 heavy (non-hydrogen) atoms. The van der Waals surface area contributed by atoms with Gasteiger partial charge in [-0.2, -0.15) is 0 Å². The average Bonchev–Trinajstić information content (AvgIpc) is 3.43. The van der Waals surface area contributed by atoms with Crippen LogP contribution in [0.5, 0.6) is 0 Å². The lowest BCUT2D eigenvalue weighted by Gasteiger charge is -2.10. The summed E-state index contributed by atoms with van der Waals surface area (Å²) in [6, 6.07) is 9.99. The molecule has 2 fully saturated rings. The number of nitrogens with zero attached hydrogens (tertiary/aromatic N) is 1. The van der Waals surface area contributed by atoms with Gasteiger partial charge in [0.1, 0.15) is 4.33 Å². The molecule has 1 atom stereocenters. The highest BCUT2D eigenvalue weighted by atomic mass is 35.5. The third-order valence-corrected chi connectivity index (χ3v) is 6.24. The van der Waals surface area contributed by atoms with Crippen molar-refractivity contribution in [1.82, 2.24) is 10.3 Å². The Hall–Kier alpha value is -0.970. The number of alkyl halides is 2. The molecule has 0 spiro atoms. The molecule has 0 unspecified atom stereocenters. The van der Waals surface area contributed by atoms with Gasteiger partial charge in [-0.1, -0.05) is 18.2 Å². The van der Waals surface area contributed by atoms with E-state index in [0.29, 0.717) is 17.5 Å². The van der Waals surface area contributed by atoms with Crippen molar-refractivity contribution in [3.05, 3.63) is 35.9 Å². The number of hydrogen-bond acceptors (Lipinski definition) is 3. The van der Waals surface area contributed by atoms with Gasteiger partial charge >= 0.3 is 0 Å². The van der Waals surface area contributed by atoms with Crippen LogP contribution < -0.4 is 5.32 Å². The molecule has 2 aliphatic rings. The van der Waals surface area contributed by atoms with Gasteiger partial charge in [-0.05, 0) is 31.4 Å². The van der Waals surface area contributed by atoms with Crippen LogP contribution in [0.1, 0.15) is 29.6 Å². The monoisotopic (exact) mass is 366 g/mol.